The van der Waals surface area contributed by atoms with Crippen molar-refractivity contribution in [3.63, 3.8) is 0 Å². The summed E-state index contributed by atoms with van der Waals surface area (Å²) >= 11 is 5.47. The van der Waals surface area contributed by atoms with Crippen LogP contribution in [-0.4, -0.2) is 4.86 Å². The monoisotopic (exact) mass is 312 g/mol. The molecule has 0 fully saturated rings. The average Bonchev–Trinajstić information content (AvgIpc) is 2.71. The number of hydrogen-bond acceptors (Lipinski definition) is 3. The van der Waals surface area contributed by atoms with Crippen molar-refractivity contribution in [2.75, 3.05) is 0 Å². The molecule has 0 amide bonds. The maximum Gasteiger partial charge on any atom is 0.0400 e. The van der Waals surface area contributed by atoms with Crippen molar-refractivity contribution in [2.45, 2.75) is 0 Å². The SMILES string of the molecule is S=C1C=C(c2ccccc2)SSC(c2ccccc2)=C1. The van der Waals surface area contributed by atoms with Gasteiger partial charge in [-0.15, -0.1) is 0 Å². The summed E-state index contributed by atoms with van der Waals surface area (Å²) in [7, 11) is 3.53. The standard InChI is InChI=1S/C17H12S3/c18-15-11-16(13-7-3-1-4-8-13)19-20-17(12-15)14-9-5-2-6-10-14/h1-12H. The predicted octanol–water partition coefficient (Wildman–Crippen LogP) is 5.83. The quantitative estimate of drug-likeness (QED) is 0.505. The summed E-state index contributed by atoms with van der Waals surface area (Å²) in [5.41, 5.74) is 2.44. The molecular weight excluding hydrogens is 300 g/mol. The Labute approximate surface area is 132 Å². The molecule has 0 saturated heterocycles. The van der Waals surface area contributed by atoms with E-state index in [0.717, 1.165) is 4.86 Å². The first-order valence-electron chi connectivity index (χ1n) is 6.26. The normalized spacial score (nSPS) is 15.3. The highest BCUT2D eigenvalue weighted by atomic mass is 33.1. The second kappa shape index (κ2) is 6.44. The first-order valence-corrected chi connectivity index (χ1v) is 8.81. The Balaban J connectivity index is 1.87. The molecule has 20 heavy (non-hydrogen) atoms. The van der Waals surface area contributed by atoms with Gasteiger partial charge in [-0.2, -0.15) is 0 Å². The van der Waals surface area contributed by atoms with Crippen LogP contribution in [0.4, 0.5) is 0 Å². The van der Waals surface area contributed by atoms with Crippen LogP contribution < -0.4 is 0 Å². The third-order valence-corrected chi connectivity index (χ3v) is 5.60. The number of thiocarbonyl (C=S) groups is 1. The largest absolute Gasteiger partial charge is 0.0800 e. The van der Waals surface area contributed by atoms with Crippen molar-refractivity contribution in [1.29, 1.82) is 0 Å². The molecule has 98 valence electrons. The number of rotatable bonds is 2. The van der Waals surface area contributed by atoms with Gasteiger partial charge in [0.2, 0.25) is 0 Å². The van der Waals surface area contributed by atoms with Gasteiger partial charge in [0.1, 0.15) is 0 Å². The van der Waals surface area contributed by atoms with E-state index in [4.69, 9.17) is 12.2 Å². The van der Waals surface area contributed by atoms with Crippen molar-refractivity contribution in [3.05, 3.63) is 83.9 Å². The van der Waals surface area contributed by atoms with Crippen molar-refractivity contribution in [3.8, 4) is 0 Å². The Hall–Kier alpha value is -1.29. The predicted molar refractivity (Wildman–Crippen MR) is 96.6 cm³/mol. The molecule has 1 aliphatic rings. The third-order valence-electron chi connectivity index (χ3n) is 2.88. The van der Waals surface area contributed by atoms with E-state index in [1.807, 2.05) is 12.1 Å². The van der Waals surface area contributed by atoms with Crippen LogP contribution in [0.1, 0.15) is 11.1 Å². The van der Waals surface area contributed by atoms with E-state index in [1.54, 1.807) is 21.6 Å². The molecule has 0 bridgehead atoms. The minimum absolute atomic E-state index is 0.875. The summed E-state index contributed by atoms with van der Waals surface area (Å²) in [6.45, 7) is 0. The smallest absolute Gasteiger partial charge is 0.0400 e. The molecule has 3 rings (SSSR count). The minimum Gasteiger partial charge on any atom is -0.0800 e. The fourth-order valence-corrected chi connectivity index (χ4v) is 4.69. The van der Waals surface area contributed by atoms with Crippen molar-refractivity contribution in [1.82, 2.24) is 0 Å². The molecule has 2 aromatic carbocycles. The van der Waals surface area contributed by atoms with Crippen molar-refractivity contribution < 1.29 is 0 Å². The van der Waals surface area contributed by atoms with Crippen LogP contribution in [0.3, 0.4) is 0 Å². The molecule has 0 radical (unpaired) electrons. The third kappa shape index (κ3) is 3.23. The molecule has 0 spiro atoms. The van der Waals surface area contributed by atoms with Crippen molar-refractivity contribution >= 4 is 48.5 Å². The van der Waals surface area contributed by atoms with E-state index < -0.39 is 0 Å². The molecule has 3 heteroatoms. The summed E-state index contributed by atoms with van der Waals surface area (Å²) in [5.74, 6) is 0. The molecule has 0 N–H and O–H groups in total. The molecule has 1 aliphatic heterocycles. The summed E-state index contributed by atoms with van der Waals surface area (Å²) in [5, 5.41) is 0. The summed E-state index contributed by atoms with van der Waals surface area (Å²) < 4.78 is 0. The van der Waals surface area contributed by atoms with E-state index in [2.05, 4.69) is 60.7 Å². The minimum atomic E-state index is 0.875. The molecule has 0 nitrogen and oxygen atoms in total. The van der Waals surface area contributed by atoms with Gasteiger partial charge in [-0.3, -0.25) is 0 Å². The van der Waals surface area contributed by atoms with Crippen LogP contribution in [0.2, 0.25) is 0 Å². The zero-order valence-electron chi connectivity index (χ0n) is 10.7. The number of hydrogen-bond donors (Lipinski definition) is 0. The van der Waals surface area contributed by atoms with Gasteiger partial charge < -0.3 is 0 Å². The Kier molecular flexibility index (Phi) is 4.41. The summed E-state index contributed by atoms with van der Waals surface area (Å²) in [4.78, 5) is 3.30. The van der Waals surface area contributed by atoms with Gasteiger partial charge >= 0.3 is 0 Å². The van der Waals surface area contributed by atoms with Gasteiger partial charge in [0, 0.05) is 14.7 Å². The van der Waals surface area contributed by atoms with Gasteiger partial charge in [0.05, 0.1) is 0 Å². The summed E-state index contributed by atoms with van der Waals surface area (Å²) in [6, 6.07) is 20.8. The molecular formula is C17H12S3. The lowest BCUT2D eigenvalue weighted by Crippen LogP contribution is -1.85. The van der Waals surface area contributed by atoms with Crippen LogP contribution >= 0.6 is 33.8 Å². The van der Waals surface area contributed by atoms with E-state index in [9.17, 15) is 0 Å². The fourth-order valence-electron chi connectivity index (χ4n) is 1.91. The highest BCUT2D eigenvalue weighted by Crippen LogP contribution is 2.46. The second-order valence-electron chi connectivity index (χ2n) is 4.32. The van der Waals surface area contributed by atoms with Crippen LogP contribution in [0, 0.1) is 0 Å². The van der Waals surface area contributed by atoms with Gasteiger partial charge in [-0.1, -0.05) is 94.5 Å². The highest BCUT2D eigenvalue weighted by molar-refractivity contribution is 8.83. The molecule has 0 atom stereocenters. The zero-order chi connectivity index (χ0) is 13.8. The highest BCUT2D eigenvalue weighted by Gasteiger charge is 2.12. The first kappa shape index (κ1) is 13.7. The van der Waals surface area contributed by atoms with Gasteiger partial charge in [0.25, 0.3) is 0 Å². The lowest BCUT2D eigenvalue weighted by Gasteiger charge is -2.06. The van der Waals surface area contributed by atoms with Crippen LogP contribution in [0.5, 0.6) is 0 Å². The Morgan fingerprint density at radius 1 is 0.600 bits per heavy atom. The molecule has 0 unspecified atom stereocenters. The number of allylic oxidation sites excluding steroid dienone is 2. The maximum absolute atomic E-state index is 5.47. The van der Waals surface area contributed by atoms with Gasteiger partial charge in [-0.05, 0) is 23.3 Å². The first-order chi connectivity index (χ1) is 9.83. The van der Waals surface area contributed by atoms with Crippen LogP contribution in [0.25, 0.3) is 9.81 Å². The molecule has 0 aliphatic carbocycles. The second-order valence-corrected chi connectivity index (χ2v) is 7.00. The van der Waals surface area contributed by atoms with Crippen LogP contribution in [-0.2, 0) is 0 Å². The van der Waals surface area contributed by atoms with Crippen molar-refractivity contribution in [2.24, 2.45) is 0 Å². The average molecular weight is 312 g/mol. The van der Waals surface area contributed by atoms with E-state index in [-0.39, 0.29) is 0 Å². The van der Waals surface area contributed by atoms with Crippen LogP contribution in [0.15, 0.2) is 72.8 Å². The van der Waals surface area contributed by atoms with Gasteiger partial charge in [0.15, 0.2) is 0 Å². The van der Waals surface area contributed by atoms with Gasteiger partial charge in [-0.25, -0.2) is 0 Å². The lowest BCUT2D eigenvalue weighted by molar-refractivity contribution is 1.65. The molecule has 0 aromatic heterocycles. The van der Waals surface area contributed by atoms with E-state index >= 15 is 0 Å². The topological polar surface area (TPSA) is 0 Å². The Morgan fingerprint density at radius 3 is 1.40 bits per heavy atom. The zero-order valence-corrected chi connectivity index (χ0v) is 13.1. The Morgan fingerprint density at radius 2 is 1.00 bits per heavy atom. The fraction of sp³-hybridized carbons (Fsp3) is 0. The Bertz CT molecular complexity index is 610. The molecule has 1 heterocycles. The van der Waals surface area contributed by atoms with E-state index in [0.29, 0.717) is 0 Å². The summed E-state index contributed by atoms with van der Waals surface area (Å²) in [6.07, 6.45) is 4.16. The van der Waals surface area contributed by atoms with E-state index in [1.165, 1.54) is 20.9 Å². The molecule has 0 saturated carbocycles. The maximum atomic E-state index is 5.47. The molecule has 2 aromatic rings. The number of benzene rings is 2. The lowest BCUT2D eigenvalue weighted by atomic mass is 10.1.